The molecule has 32 nitrogen and oxygen atoms in total. The van der Waals surface area contributed by atoms with Crippen molar-refractivity contribution in [2.24, 2.45) is 23.7 Å². The van der Waals surface area contributed by atoms with Crippen LogP contribution >= 0.6 is 0 Å². The van der Waals surface area contributed by atoms with Crippen molar-refractivity contribution in [2.75, 3.05) is 119 Å². The van der Waals surface area contributed by atoms with Crippen molar-refractivity contribution in [3.8, 4) is 17.2 Å². The highest BCUT2D eigenvalue weighted by Gasteiger charge is 2.34. The van der Waals surface area contributed by atoms with E-state index in [0.717, 1.165) is 191 Å². The smallest absolute Gasteiger partial charge is 0.494 e. The van der Waals surface area contributed by atoms with E-state index in [4.69, 9.17) is 94.7 Å². The van der Waals surface area contributed by atoms with Gasteiger partial charge in [-0.25, -0.2) is 38.4 Å². The van der Waals surface area contributed by atoms with Gasteiger partial charge in [0.05, 0.1) is 143 Å². The molecule has 0 amide bonds. The molecule has 0 atom stereocenters. The number of hydrogen-bond acceptors (Lipinski definition) is 32. The van der Waals surface area contributed by atoms with Gasteiger partial charge in [-0.2, -0.15) is 0 Å². The predicted molar refractivity (Wildman–Crippen MR) is 493 cm³/mol. The molecular weight excluding hydrogens is 1730 g/mol. The molecule has 756 valence electrons. The summed E-state index contributed by atoms with van der Waals surface area (Å²) in [6, 6.07) is 13.5. The Morgan fingerprint density at radius 1 is 0.233 bits per heavy atom. The van der Waals surface area contributed by atoms with Gasteiger partial charge >= 0.3 is 72.9 Å². The first-order valence-corrected chi connectivity index (χ1v) is 50.3. The second-order valence-corrected chi connectivity index (χ2v) is 34.1. The Labute approximate surface area is 789 Å². The van der Waals surface area contributed by atoms with Gasteiger partial charge in [0.15, 0.2) is 0 Å². The maximum atomic E-state index is 13.1. The van der Waals surface area contributed by atoms with Crippen LogP contribution in [0, 0.1) is 23.7 Å². The molecule has 2 aliphatic rings. The standard InChI is InChI=1S/C101H160O32/c1-3-5-26-45-82-46-48-83(49-47-82)84-50-52-85(53-51-84)93(105)132-88-58-60-89(61-59-88)133-94(106)86-54-56-87(57-55-86)114-64-27-8-6-7-9-28-66-116-91(103)62-63-92(104)117-67-30-11-13-32-69-119-96(108)121-71-34-15-17-36-73-123-98(110)125-75-38-19-21-40-77-127-100(112)129-79-42-23-25-44-81-131-101(113)130-80-43-24-22-41-78-128-99(111)126-76-39-20-18-37-74-124-97(109)122-72-35-16-14-33-70-120-95(107)118-68-31-12-10-29-65-115-90(102)4-2/h54-61,82-85H,3-53,62-81H2,1-2H3. The minimum Gasteiger partial charge on any atom is -0.494 e. The molecule has 4 rings (SSSR count). The zero-order valence-corrected chi connectivity index (χ0v) is 80.2. The first-order chi connectivity index (χ1) is 65.0. The molecule has 0 bridgehead atoms. The first kappa shape index (κ1) is 116. The van der Waals surface area contributed by atoms with E-state index in [0.29, 0.717) is 145 Å². The molecule has 2 fully saturated rings. The van der Waals surface area contributed by atoms with E-state index in [9.17, 15) is 57.5 Å². The van der Waals surface area contributed by atoms with E-state index in [1.807, 2.05) is 0 Å². The van der Waals surface area contributed by atoms with Crippen molar-refractivity contribution in [1.29, 1.82) is 0 Å². The van der Waals surface area contributed by atoms with Gasteiger partial charge in [0, 0.05) is 6.42 Å². The number of benzene rings is 2. The van der Waals surface area contributed by atoms with Crippen LogP contribution in [-0.4, -0.2) is 192 Å². The van der Waals surface area contributed by atoms with Gasteiger partial charge in [-0.05, 0) is 323 Å². The number of carbonyl (C=O) groups excluding carboxylic acids is 12. The molecule has 32 heteroatoms. The highest BCUT2D eigenvalue weighted by atomic mass is 16.8. The number of rotatable bonds is 79. The van der Waals surface area contributed by atoms with Crippen LogP contribution in [0.15, 0.2) is 48.5 Å². The summed E-state index contributed by atoms with van der Waals surface area (Å²) in [6.07, 6.45) is 38.6. The van der Waals surface area contributed by atoms with Gasteiger partial charge < -0.3 is 94.7 Å². The predicted octanol–water partition coefficient (Wildman–Crippen LogP) is 24.1. The topological polar surface area (TPSA) is 389 Å². The van der Waals surface area contributed by atoms with Gasteiger partial charge in [0.1, 0.15) is 17.2 Å². The lowest BCUT2D eigenvalue weighted by atomic mass is 9.68. The van der Waals surface area contributed by atoms with Crippen LogP contribution in [0.25, 0.3) is 0 Å². The SMILES string of the molecule is CCCCCC1CCC(C2CCC(C(=O)Oc3ccc(OC(=O)c4ccc(OCCCCCCCCOC(=O)CCC(=O)OCCCCCCOC(=O)OCCCCCCOC(=O)OCCCCCCOC(=O)OCCCCCCOC(=O)OCCCCCCOC(=O)OCCCCCCOC(=O)OCCCCCCOC(=O)OCCCCCCOC(=O)CC)cc4)cc3)CC2)CC1. The van der Waals surface area contributed by atoms with E-state index >= 15 is 0 Å². The average molecular weight is 1890 g/mol. The molecule has 0 N–H and O–H groups in total. The van der Waals surface area contributed by atoms with E-state index in [1.165, 1.54) is 51.4 Å². The molecule has 0 heterocycles. The minimum absolute atomic E-state index is 0.0392. The van der Waals surface area contributed by atoms with E-state index < -0.39 is 61.0 Å². The monoisotopic (exact) mass is 1890 g/mol. The summed E-state index contributed by atoms with van der Waals surface area (Å²) < 4.78 is 105. The fourth-order valence-corrected chi connectivity index (χ4v) is 15.1. The lowest BCUT2D eigenvalue weighted by Gasteiger charge is -2.37. The molecule has 2 aliphatic carbocycles. The zero-order chi connectivity index (χ0) is 95.6. The normalized spacial score (nSPS) is 14.5. The summed E-state index contributed by atoms with van der Waals surface area (Å²) in [5, 5.41) is 0. The number of carbonyl (C=O) groups is 12. The van der Waals surface area contributed by atoms with E-state index in [1.54, 1.807) is 55.5 Å². The maximum absolute atomic E-state index is 13.1. The molecule has 0 unspecified atom stereocenters. The Kier molecular flexibility index (Phi) is 70.4. The number of hydrogen-bond donors (Lipinski definition) is 0. The summed E-state index contributed by atoms with van der Waals surface area (Å²) in [6.45, 7) is 8.67. The highest BCUT2D eigenvalue weighted by Crippen LogP contribution is 2.43. The van der Waals surface area contributed by atoms with Crippen LogP contribution in [0.2, 0.25) is 0 Å². The minimum atomic E-state index is -0.729. The Bertz CT molecular complexity index is 3370. The molecule has 0 radical (unpaired) electrons. The van der Waals surface area contributed by atoms with Crippen LogP contribution in [-0.2, 0) is 99.7 Å². The summed E-state index contributed by atoms with van der Waals surface area (Å²) >= 11 is 0. The Hall–Kier alpha value is -9.52. The highest BCUT2D eigenvalue weighted by molar-refractivity contribution is 5.91. The van der Waals surface area contributed by atoms with Crippen LogP contribution in [0.5, 0.6) is 17.2 Å². The molecule has 0 saturated heterocycles. The van der Waals surface area contributed by atoms with Crippen LogP contribution in [0.1, 0.15) is 365 Å². The van der Waals surface area contributed by atoms with Crippen molar-refractivity contribution < 1.29 is 152 Å². The third kappa shape index (κ3) is 66.5. The summed E-state index contributed by atoms with van der Waals surface area (Å²) in [5.74, 6) is 2.09. The lowest BCUT2D eigenvalue weighted by Crippen LogP contribution is -2.30. The average Bonchev–Trinajstić information content (AvgIpc) is 0.982. The largest absolute Gasteiger partial charge is 0.508 e. The van der Waals surface area contributed by atoms with Gasteiger partial charge in [-0.15, -0.1) is 0 Å². The van der Waals surface area contributed by atoms with E-state index in [-0.39, 0.29) is 130 Å². The fraction of sp³-hybridized carbons (Fsp3) is 0.762. The molecule has 133 heavy (non-hydrogen) atoms. The van der Waals surface area contributed by atoms with Gasteiger partial charge in [-0.1, -0.05) is 78.1 Å². The van der Waals surface area contributed by atoms with E-state index in [2.05, 4.69) is 6.92 Å². The molecule has 2 aromatic carbocycles. The Morgan fingerprint density at radius 3 is 0.737 bits per heavy atom. The van der Waals surface area contributed by atoms with Gasteiger partial charge in [0.2, 0.25) is 0 Å². The molecular formula is C101H160O32. The summed E-state index contributed by atoms with van der Waals surface area (Å²) in [4.78, 5) is 145. The number of esters is 5. The van der Waals surface area contributed by atoms with Crippen molar-refractivity contribution >= 4 is 72.9 Å². The molecule has 2 saturated carbocycles. The summed E-state index contributed by atoms with van der Waals surface area (Å²) in [5.41, 5.74) is 0.388. The fourth-order valence-electron chi connectivity index (χ4n) is 15.1. The second kappa shape index (κ2) is 80.9. The Balaban J connectivity index is 0.771. The number of unbranched alkanes of at least 4 members (excludes halogenated alkanes) is 31. The van der Waals surface area contributed by atoms with Crippen molar-refractivity contribution in [2.45, 2.75) is 354 Å². The van der Waals surface area contributed by atoms with Gasteiger partial charge in [0.25, 0.3) is 0 Å². The zero-order valence-electron chi connectivity index (χ0n) is 80.2. The lowest BCUT2D eigenvalue weighted by molar-refractivity contribution is -0.150. The third-order valence-electron chi connectivity index (χ3n) is 23.0. The molecule has 0 spiro atoms. The third-order valence-corrected chi connectivity index (χ3v) is 23.0. The van der Waals surface area contributed by atoms with Crippen molar-refractivity contribution in [3.05, 3.63) is 54.1 Å². The van der Waals surface area contributed by atoms with Crippen molar-refractivity contribution in [3.63, 3.8) is 0 Å². The van der Waals surface area contributed by atoms with Crippen molar-refractivity contribution in [1.82, 2.24) is 0 Å². The second-order valence-electron chi connectivity index (χ2n) is 34.1. The number of ether oxygens (including phenoxy) is 20. The first-order valence-electron chi connectivity index (χ1n) is 50.3. The maximum Gasteiger partial charge on any atom is 0.508 e. The van der Waals surface area contributed by atoms with Crippen LogP contribution < -0.4 is 14.2 Å². The molecule has 0 aromatic heterocycles. The quantitative estimate of drug-likeness (QED) is 0.0257. The summed E-state index contributed by atoms with van der Waals surface area (Å²) in [7, 11) is 0. The van der Waals surface area contributed by atoms with Gasteiger partial charge in [-0.3, -0.25) is 19.2 Å². The Morgan fingerprint density at radius 2 is 0.466 bits per heavy atom. The van der Waals surface area contributed by atoms with Crippen LogP contribution in [0.3, 0.4) is 0 Å². The van der Waals surface area contributed by atoms with Crippen LogP contribution in [0.4, 0.5) is 33.6 Å². The molecule has 2 aromatic rings. The molecule has 0 aliphatic heterocycles.